The SMILES string of the molecule is CCOC(=O)c1c(NC(=O)NCc2c(C(F)(F)F)sc3c2CCN(C(=O)CN)C3)sc2c1CCCC2. The molecule has 1 aliphatic heterocycles. The minimum atomic E-state index is -4.60. The minimum absolute atomic E-state index is 0.00795. The van der Waals surface area contributed by atoms with Crippen LogP contribution in [-0.4, -0.2) is 42.5 Å². The normalized spacial score (nSPS) is 15.2. The average Bonchev–Trinajstić information content (AvgIpc) is 3.39. The largest absolute Gasteiger partial charge is 0.462 e. The molecule has 13 heteroatoms. The second-order valence-corrected chi connectivity index (χ2v) is 10.7. The highest BCUT2D eigenvalue weighted by molar-refractivity contribution is 7.17. The summed E-state index contributed by atoms with van der Waals surface area (Å²) in [4.78, 5) is 39.4. The van der Waals surface area contributed by atoms with Crippen molar-refractivity contribution in [1.29, 1.82) is 0 Å². The number of halogens is 3. The van der Waals surface area contributed by atoms with Crippen LogP contribution in [0.1, 0.15) is 61.4 Å². The van der Waals surface area contributed by atoms with E-state index in [1.165, 1.54) is 16.2 Å². The number of amides is 3. The Hall–Kier alpha value is -2.64. The minimum Gasteiger partial charge on any atom is -0.462 e. The first-order chi connectivity index (χ1) is 17.1. The molecule has 1 aliphatic carbocycles. The lowest BCUT2D eigenvalue weighted by Crippen LogP contribution is -2.39. The first kappa shape index (κ1) is 26.4. The summed E-state index contributed by atoms with van der Waals surface area (Å²) in [5.41, 5.74) is 7.13. The van der Waals surface area contributed by atoms with Gasteiger partial charge in [0, 0.05) is 22.8 Å². The zero-order valence-electron chi connectivity index (χ0n) is 19.7. The summed E-state index contributed by atoms with van der Waals surface area (Å²) in [5, 5.41) is 5.54. The van der Waals surface area contributed by atoms with E-state index < -0.39 is 23.1 Å². The van der Waals surface area contributed by atoms with Crippen molar-refractivity contribution in [2.45, 2.75) is 58.3 Å². The number of alkyl halides is 3. The van der Waals surface area contributed by atoms with E-state index in [4.69, 9.17) is 10.5 Å². The van der Waals surface area contributed by atoms with Gasteiger partial charge in [-0.2, -0.15) is 13.2 Å². The van der Waals surface area contributed by atoms with Gasteiger partial charge in [0.2, 0.25) is 5.91 Å². The lowest BCUT2D eigenvalue weighted by atomic mass is 9.95. The van der Waals surface area contributed by atoms with E-state index in [1.54, 1.807) is 6.92 Å². The molecule has 2 aromatic heterocycles. The third-order valence-corrected chi connectivity index (χ3v) is 8.77. The van der Waals surface area contributed by atoms with E-state index in [1.807, 2.05) is 0 Å². The van der Waals surface area contributed by atoms with Gasteiger partial charge in [-0.1, -0.05) is 0 Å². The number of hydrogen-bond acceptors (Lipinski definition) is 7. The van der Waals surface area contributed by atoms with Gasteiger partial charge in [-0.25, -0.2) is 9.59 Å². The predicted molar refractivity (Wildman–Crippen MR) is 130 cm³/mol. The highest BCUT2D eigenvalue weighted by atomic mass is 32.1. The molecule has 2 aliphatic rings. The van der Waals surface area contributed by atoms with Crippen LogP contribution in [0.2, 0.25) is 0 Å². The molecule has 0 saturated carbocycles. The number of nitrogens with one attached hydrogen (secondary N) is 2. The van der Waals surface area contributed by atoms with E-state index in [2.05, 4.69) is 10.6 Å². The Kier molecular flexibility index (Phi) is 7.90. The third kappa shape index (κ3) is 5.37. The molecule has 4 N–H and O–H groups in total. The maximum Gasteiger partial charge on any atom is 0.425 e. The molecule has 0 radical (unpaired) electrons. The second kappa shape index (κ2) is 10.8. The van der Waals surface area contributed by atoms with E-state index >= 15 is 0 Å². The van der Waals surface area contributed by atoms with Crippen molar-refractivity contribution < 1.29 is 32.3 Å². The molecule has 0 bridgehead atoms. The Morgan fingerprint density at radius 2 is 1.83 bits per heavy atom. The fraction of sp³-hybridized carbons (Fsp3) is 0.522. The lowest BCUT2D eigenvalue weighted by molar-refractivity contribution is -0.135. The fourth-order valence-corrected chi connectivity index (χ4v) is 7.14. The molecule has 0 aromatic carbocycles. The molecule has 4 rings (SSSR count). The molecule has 8 nitrogen and oxygen atoms in total. The molecule has 0 atom stereocenters. The molecule has 196 valence electrons. The van der Waals surface area contributed by atoms with E-state index in [9.17, 15) is 27.6 Å². The smallest absolute Gasteiger partial charge is 0.425 e. The summed E-state index contributed by atoms with van der Waals surface area (Å²) in [6, 6.07) is -0.706. The number of ether oxygens (including phenoxy) is 1. The number of nitrogens with two attached hydrogens (primary N) is 1. The summed E-state index contributed by atoms with van der Waals surface area (Å²) < 4.78 is 46.6. The topological polar surface area (TPSA) is 114 Å². The molecule has 2 aromatic rings. The molecule has 36 heavy (non-hydrogen) atoms. The van der Waals surface area contributed by atoms with Crippen molar-refractivity contribution in [3.05, 3.63) is 36.9 Å². The van der Waals surface area contributed by atoms with Crippen molar-refractivity contribution in [2.75, 3.05) is 25.0 Å². The van der Waals surface area contributed by atoms with Crippen LogP contribution in [0.3, 0.4) is 0 Å². The van der Waals surface area contributed by atoms with Crippen molar-refractivity contribution >= 4 is 45.6 Å². The highest BCUT2D eigenvalue weighted by Gasteiger charge is 2.39. The van der Waals surface area contributed by atoms with Crippen LogP contribution in [0.25, 0.3) is 0 Å². The van der Waals surface area contributed by atoms with Crippen molar-refractivity contribution in [2.24, 2.45) is 5.73 Å². The molecule has 0 fully saturated rings. The summed E-state index contributed by atoms with van der Waals surface area (Å²) in [5.74, 6) is -0.840. The van der Waals surface area contributed by atoms with Gasteiger partial charge >= 0.3 is 18.2 Å². The molecule has 3 amide bonds. The number of nitrogens with zero attached hydrogens (tertiary/aromatic N) is 1. The number of aryl methyl sites for hydroxylation is 1. The van der Waals surface area contributed by atoms with Crippen LogP contribution in [0.15, 0.2) is 0 Å². The van der Waals surface area contributed by atoms with Gasteiger partial charge in [0.05, 0.1) is 25.3 Å². The number of carbonyl (C=O) groups excluding carboxylic acids is 3. The second-order valence-electron chi connectivity index (χ2n) is 8.52. The van der Waals surface area contributed by atoms with Crippen LogP contribution in [0, 0.1) is 0 Å². The summed E-state index contributed by atoms with van der Waals surface area (Å²) in [6.45, 7) is 1.67. The molecule has 3 heterocycles. The Labute approximate surface area is 214 Å². The fourth-order valence-electron chi connectivity index (χ4n) is 4.62. The van der Waals surface area contributed by atoms with Gasteiger partial charge in [0.15, 0.2) is 0 Å². The first-order valence-electron chi connectivity index (χ1n) is 11.7. The third-order valence-electron chi connectivity index (χ3n) is 6.25. The van der Waals surface area contributed by atoms with Crippen molar-refractivity contribution in [1.82, 2.24) is 10.2 Å². The first-order valence-corrected chi connectivity index (χ1v) is 13.3. The van der Waals surface area contributed by atoms with E-state index in [0.29, 0.717) is 38.8 Å². The van der Waals surface area contributed by atoms with Gasteiger partial charge < -0.3 is 20.7 Å². The number of carbonyl (C=O) groups is 3. The van der Waals surface area contributed by atoms with Crippen molar-refractivity contribution in [3.63, 3.8) is 0 Å². The molecule has 0 unspecified atom stereocenters. The summed E-state index contributed by atoms with van der Waals surface area (Å²) in [7, 11) is 0. The van der Waals surface area contributed by atoms with Gasteiger partial charge in [-0.15, -0.1) is 22.7 Å². The number of esters is 1. The monoisotopic (exact) mass is 544 g/mol. The number of fused-ring (bicyclic) bond motifs is 2. The number of hydrogen-bond donors (Lipinski definition) is 3. The number of thiophene rings is 2. The van der Waals surface area contributed by atoms with Crippen LogP contribution in [0.5, 0.6) is 0 Å². The van der Waals surface area contributed by atoms with Crippen LogP contribution in [-0.2, 0) is 48.1 Å². The maximum absolute atomic E-state index is 13.8. The zero-order valence-corrected chi connectivity index (χ0v) is 21.3. The summed E-state index contributed by atoms with van der Waals surface area (Å²) >= 11 is 1.90. The Morgan fingerprint density at radius 3 is 2.53 bits per heavy atom. The summed E-state index contributed by atoms with van der Waals surface area (Å²) in [6.07, 6.45) is -0.921. The standard InChI is InChI=1S/C23H27F3N4O4S2/c1-2-34-21(32)18-13-5-3-4-6-15(13)36-20(18)29-22(33)28-10-14-12-7-8-30(17(31)9-27)11-16(12)35-19(14)23(24,25)26/h2-11,27H2,1H3,(H2,28,29,33). The van der Waals surface area contributed by atoms with Crippen LogP contribution < -0.4 is 16.4 Å². The Balaban J connectivity index is 1.53. The molecular weight excluding hydrogens is 517 g/mol. The lowest BCUT2D eigenvalue weighted by Gasteiger charge is -2.27. The highest BCUT2D eigenvalue weighted by Crippen LogP contribution is 2.43. The average molecular weight is 545 g/mol. The van der Waals surface area contributed by atoms with Crippen LogP contribution >= 0.6 is 22.7 Å². The van der Waals surface area contributed by atoms with Crippen molar-refractivity contribution in [3.8, 4) is 0 Å². The number of rotatable bonds is 6. The molecule has 0 spiro atoms. The molecule has 0 saturated heterocycles. The van der Waals surface area contributed by atoms with Gasteiger partial charge in [0.25, 0.3) is 0 Å². The van der Waals surface area contributed by atoms with Gasteiger partial charge in [-0.3, -0.25) is 10.1 Å². The quantitative estimate of drug-likeness (QED) is 0.475. The van der Waals surface area contributed by atoms with E-state index in [0.717, 1.165) is 29.7 Å². The van der Waals surface area contributed by atoms with Crippen LogP contribution in [0.4, 0.5) is 23.0 Å². The van der Waals surface area contributed by atoms with Gasteiger partial charge in [-0.05, 0) is 55.7 Å². The van der Waals surface area contributed by atoms with E-state index in [-0.39, 0.29) is 50.7 Å². The number of urea groups is 1. The number of anilines is 1. The predicted octanol–water partition coefficient (Wildman–Crippen LogP) is 4.05. The Morgan fingerprint density at radius 1 is 1.08 bits per heavy atom. The van der Waals surface area contributed by atoms with Gasteiger partial charge in [0.1, 0.15) is 9.88 Å². The Bertz CT molecular complexity index is 1180. The maximum atomic E-state index is 13.8. The zero-order chi connectivity index (χ0) is 26.0. The molecular formula is C23H27F3N4O4S2.